The lowest BCUT2D eigenvalue weighted by atomic mass is 10.2. The molecule has 0 aliphatic carbocycles. The third kappa shape index (κ3) is 2.60. The van der Waals surface area contributed by atoms with Crippen molar-refractivity contribution in [3.63, 3.8) is 0 Å². The number of carbonyl (C=O) groups excluding carboxylic acids is 1. The van der Waals surface area contributed by atoms with Crippen molar-refractivity contribution in [2.75, 3.05) is 13.1 Å². The first-order valence-electron chi connectivity index (χ1n) is 6.01. The van der Waals surface area contributed by atoms with Gasteiger partial charge in [0.25, 0.3) is 0 Å². The fourth-order valence-electron chi connectivity index (χ4n) is 2.02. The summed E-state index contributed by atoms with van der Waals surface area (Å²) in [5.74, 6) is 0.304. The van der Waals surface area contributed by atoms with Crippen molar-refractivity contribution in [3.8, 4) is 0 Å². The molecule has 2 heterocycles. The molecule has 1 aromatic rings. The summed E-state index contributed by atoms with van der Waals surface area (Å²) in [6, 6.07) is 4.19. The Bertz CT molecular complexity index is 359. The SMILES string of the molecule is CCc1ccc(CCN2CCCC2=O)cn1. The van der Waals surface area contributed by atoms with Gasteiger partial charge in [-0.25, -0.2) is 0 Å². The van der Waals surface area contributed by atoms with E-state index in [9.17, 15) is 4.79 Å². The lowest BCUT2D eigenvalue weighted by Gasteiger charge is -2.14. The van der Waals surface area contributed by atoms with Gasteiger partial charge in [-0.3, -0.25) is 9.78 Å². The zero-order valence-corrected chi connectivity index (χ0v) is 9.78. The number of carbonyl (C=O) groups is 1. The minimum Gasteiger partial charge on any atom is -0.342 e. The lowest BCUT2D eigenvalue weighted by molar-refractivity contribution is -0.127. The predicted octanol–water partition coefficient (Wildman–Crippen LogP) is 1.81. The second kappa shape index (κ2) is 5.10. The molecular formula is C13H18N2O. The summed E-state index contributed by atoms with van der Waals surface area (Å²) in [5.41, 5.74) is 2.35. The number of likely N-dealkylation sites (tertiary alicyclic amines) is 1. The normalized spacial score (nSPS) is 15.8. The van der Waals surface area contributed by atoms with Gasteiger partial charge in [0.1, 0.15) is 0 Å². The summed E-state index contributed by atoms with van der Waals surface area (Å²) in [5, 5.41) is 0. The van der Waals surface area contributed by atoms with E-state index in [1.807, 2.05) is 11.1 Å². The van der Waals surface area contributed by atoms with Crippen LogP contribution in [0.4, 0.5) is 0 Å². The largest absolute Gasteiger partial charge is 0.342 e. The highest BCUT2D eigenvalue weighted by molar-refractivity contribution is 5.78. The number of amides is 1. The maximum atomic E-state index is 11.4. The monoisotopic (exact) mass is 218 g/mol. The average Bonchev–Trinajstić information content (AvgIpc) is 2.73. The topological polar surface area (TPSA) is 33.2 Å². The van der Waals surface area contributed by atoms with Crippen LogP contribution in [-0.4, -0.2) is 28.9 Å². The van der Waals surface area contributed by atoms with Crippen LogP contribution in [0.2, 0.25) is 0 Å². The first-order valence-corrected chi connectivity index (χ1v) is 6.01. The quantitative estimate of drug-likeness (QED) is 0.772. The minimum absolute atomic E-state index is 0.304. The van der Waals surface area contributed by atoms with Crippen LogP contribution in [-0.2, 0) is 17.6 Å². The van der Waals surface area contributed by atoms with Crippen LogP contribution in [0.5, 0.6) is 0 Å². The fraction of sp³-hybridized carbons (Fsp3) is 0.538. The Morgan fingerprint density at radius 3 is 2.88 bits per heavy atom. The van der Waals surface area contributed by atoms with Gasteiger partial charge in [-0.2, -0.15) is 0 Å². The number of nitrogens with zero attached hydrogens (tertiary/aromatic N) is 2. The Hall–Kier alpha value is -1.38. The standard InChI is InChI=1S/C13H18N2O/c1-2-12-6-5-11(10-14-12)7-9-15-8-3-4-13(15)16/h5-6,10H,2-4,7-9H2,1H3. The molecular weight excluding hydrogens is 200 g/mol. The molecule has 0 unspecified atom stereocenters. The van der Waals surface area contributed by atoms with Crippen LogP contribution in [0.3, 0.4) is 0 Å². The van der Waals surface area contributed by atoms with E-state index >= 15 is 0 Å². The van der Waals surface area contributed by atoms with Gasteiger partial charge in [0.2, 0.25) is 5.91 Å². The van der Waals surface area contributed by atoms with Crippen LogP contribution in [0, 0.1) is 0 Å². The summed E-state index contributed by atoms with van der Waals surface area (Å²) in [6.45, 7) is 3.87. The first kappa shape index (κ1) is 11.1. The Labute approximate surface area is 96.5 Å². The Morgan fingerprint density at radius 1 is 1.44 bits per heavy atom. The number of rotatable bonds is 4. The average molecular weight is 218 g/mol. The van der Waals surface area contributed by atoms with E-state index in [4.69, 9.17) is 0 Å². The van der Waals surface area contributed by atoms with E-state index < -0.39 is 0 Å². The van der Waals surface area contributed by atoms with E-state index in [-0.39, 0.29) is 0 Å². The molecule has 1 aliphatic heterocycles. The van der Waals surface area contributed by atoms with Crippen molar-refractivity contribution < 1.29 is 4.79 Å². The van der Waals surface area contributed by atoms with E-state index in [0.29, 0.717) is 5.91 Å². The maximum absolute atomic E-state index is 11.4. The van der Waals surface area contributed by atoms with Gasteiger partial charge in [-0.1, -0.05) is 13.0 Å². The number of aryl methyl sites for hydroxylation is 1. The van der Waals surface area contributed by atoms with Crippen LogP contribution in [0.15, 0.2) is 18.3 Å². The highest BCUT2D eigenvalue weighted by atomic mass is 16.2. The molecule has 1 amide bonds. The molecule has 3 heteroatoms. The third-order valence-electron chi connectivity index (χ3n) is 3.09. The van der Waals surface area contributed by atoms with E-state index in [1.165, 1.54) is 5.56 Å². The Balaban J connectivity index is 1.86. The molecule has 1 saturated heterocycles. The summed E-state index contributed by atoms with van der Waals surface area (Å²) >= 11 is 0. The predicted molar refractivity (Wildman–Crippen MR) is 63.1 cm³/mol. The number of pyridine rings is 1. The van der Waals surface area contributed by atoms with Crippen LogP contribution in [0.25, 0.3) is 0 Å². The first-order chi connectivity index (χ1) is 7.79. The van der Waals surface area contributed by atoms with Gasteiger partial charge in [0.15, 0.2) is 0 Å². The molecule has 2 rings (SSSR count). The number of hydrogen-bond donors (Lipinski definition) is 0. The molecule has 86 valence electrons. The zero-order valence-electron chi connectivity index (χ0n) is 9.78. The molecule has 0 atom stereocenters. The highest BCUT2D eigenvalue weighted by Gasteiger charge is 2.19. The molecule has 0 spiro atoms. The van der Waals surface area contributed by atoms with Crippen molar-refractivity contribution in [3.05, 3.63) is 29.6 Å². The maximum Gasteiger partial charge on any atom is 0.222 e. The summed E-state index contributed by atoms with van der Waals surface area (Å²) in [4.78, 5) is 17.7. The fourth-order valence-corrected chi connectivity index (χ4v) is 2.02. The number of hydrogen-bond acceptors (Lipinski definition) is 2. The molecule has 0 saturated carbocycles. The van der Waals surface area contributed by atoms with Gasteiger partial charge in [0.05, 0.1) is 0 Å². The summed E-state index contributed by atoms with van der Waals surface area (Å²) in [7, 11) is 0. The summed E-state index contributed by atoms with van der Waals surface area (Å²) in [6.07, 6.45) is 5.58. The van der Waals surface area contributed by atoms with Crippen LogP contribution in [0.1, 0.15) is 31.0 Å². The van der Waals surface area contributed by atoms with Gasteiger partial charge in [0, 0.05) is 31.4 Å². The minimum atomic E-state index is 0.304. The zero-order chi connectivity index (χ0) is 11.4. The van der Waals surface area contributed by atoms with E-state index in [0.717, 1.165) is 44.5 Å². The van der Waals surface area contributed by atoms with Gasteiger partial charge in [-0.15, -0.1) is 0 Å². The van der Waals surface area contributed by atoms with Crippen molar-refractivity contribution in [2.45, 2.75) is 32.6 Å². The Morgan fingerprint density at radius 2 is 2.31 bits per heavy atom. The number of aromatic nitrogens is 1. The molecule has 1 fully saturated rings. The van der Waals surface area contributed by atoms with Gasteiger partial charge in [-0.05, 0) is 30.9 Å². The van der Waals surface area contributed by atoms with Gasteiger partial charge >= 0.3 is 0 Å². The van der Waals surface area contributed by atoms with E-state index in [1.54, 1.807) is 0 Å². The smallest absolute Gasteiger partial charge is 0.222 e. The molecule has 0 N–H and O–H groups in total. The Kier molecular flexibility index (Phi) is 3.54. The molecule has 3 nitrogen and oxygen atoms in total. The highest BCUT2D eigenvalue weighted by Crippen LogP contribution is 2.11. The van der Waals surface area contributed by atoms with E-state index in [2.05, 4.69) is 24.0 Å². The van der Waals surface area contributed by atoms with Crippen molar-refractivity contribution in [2.24, 2.45) is 0 Å². The molecule has 16 heavy (non-hydrogen) atoms. The van der Waals surface area contributed by atoms with Crippen LogP contribution < -0.4 is 0 Å². The van der Waals surface area contributed by atoms with Crippen molar-refractivity contribution in [1.29, 1.82) is 0 Å². The molecule has 1 aromatic heterocycles. The van der Waals surface area contributed by atoms with Crippen molar-refractivity contribution >= 4 is 5.91 Å². The molecule has 1 aliphatic rings. The van der Waals surface area contributed by atoms with Crippen molar-refractivity contribution in [1.82, 2.24) is 9.88 Å². The van der Waals surface area contributed by atoms with Gasteiger partial charge < -0.3 is 4.90 Å². The molecule has 0 bridgehead atoms. The molecule has 0 radical (unpaired) electrons. The molecule has 0 aromatic carbocycles. The van der Waals surface area contributed by atoms with Crippen LogP contribution >= 0.6 is 0 Å². The second-order valence-electron chi connectivity index (χ2n) is 4.25. The summed E-state index contributed by atoms with van der Waals surface area (Å²) < 4.78 is 0. The second-order valence-corrected chi connectivity index (χ2v) is 4.25. The third-order valence-corrected chi connectivity index (χ3v) is 3.09. The lowest BCUT2D eigenvalue weighted by Crippen LogP contribution is -2.26.